The van der Waals surface area contributed by atoms with Crippen LogP contribution in [0.1, 0.15) is 39.7 Å². The number of alkyl halides is 6. The number of aromatic amines is 1. The molecule has 1 aromatic heterocycles. The fraction of sp³-hybridized carbons (Fsp3) is 0.444. The van der Waals surface area contributed by atoms with E-state index in [0.29, 0.717) is 35.6 Å². The normalized spacial score (nSPS) is 18.7. The molecule has 15 heteroatoms. The van der Waals surface area contributed by atoms with Gasteiger partial charge in [0.2, 0.25) is 5.91 Å². The number of hydrogen-bond donors (Lipinski definition) is 1. The van der Waals surface area contributed by atoms with Gasteiger partial charge in [-0.2, -0.15) is 41.8 Å². The summed E-state index contributed by atoms with van der Waals surface area (Å²) in [6, 6.07) is 5.57. The third-order valence-corrected chi connectivity index (χ3v) is 6.93. The van der Waals surface area contributed by atoms with Gasteiger partial charge >= 0.3 is 12.4 Å². The molecule has 0 aliphatic carbocycles. The summed E-state index contributed by atoms with van der Waals surface area (Å²) in [6.45, 7) is -0.190. The largest absolute Gasteiger partial charge is 0.416 e. The highest BCUT2D eigenvalue weighted by atomic mass is 19.4. The van der Waals surface area contributed by atoms with Gasteiger partial charge in [0.15, 0.2) is 0 Å². The summed E-state index contributed by atoms with van der Waals surface area (Å²) >= 11 is 0. The molecule has 2 aromatic carbocycles. The molecule has 1 aliphatic rings. The Hall–Kier alpha value is -3.56. The first-order valence-corrected chi connectivity index (χ1v) is 12.8. The summed E-state index contributed by atoms with van der Waals surface area (Å²) in [5.41, 5.74) is -1.36. The Bertz CT molecular complexity index is 1340. The van der Waals surface area contributed by atoms with Gasteiger partial charge in [0.1, 0.15) is 17.2 Å². The molecule has 0 bridgehead atoms. The molecule has 1 N–H and O–H groups in total. The molecule has 1 saturated heterocycles. The second-order valence-corrected chi connectivity index (χ2v) is 10.4. The highest BCUT2D eigenvalue weighted by molar-refractivity contribution is 5.79. The van der Waals surface area contributed by atoms with Gasteiger partial charge in [0.05, 0.1) is 43.0 Å². The molecular formula is C27H29F7N6O2. The lowest BCUT2D eigenvalue weighted by Gasteiger charge is -2.46. The Morgan fingerprint density at radius 3 is 2.14 bits per heavy atom. The van der Waals surface area contributed by atoms with Crippen molar-refractivity contribution < 1.29 is 40.3 Å². The maximum atomic E-state index is 13.8. The predicted molar refractivity (Wildman–Crippen MR) is 136 cm³/mol. The van der Waals surface area contributed by atoms with Gasteiger partial charge in [0, 0.05) is 20.1 Å². The van der Waals surface area contributed by atoms with Crippen LogP contribution in [0, 0.1) is 5.82 Å². The lowest BCUT2D eigenvalue weighted by molar-refractivity contribution is -0.146. The highest BCUT2D eigenvalue weighted by Crippen LogP contribution is 2.37. The topological polar surface area (TPSA) is 77.6 Å². The van der Waals surface area contributed by atoms with E-state index in [4.69, 9.17) is 4.74 Å². The van der Waals surface area contributed by atoms with Gasteiger partial charge in [-0.3, -0.25) is 9.69 Å². The number of hydrogen-bond acceptors (Lipinski definition) is 6. The minimum atomic E-state index is -4.99. The summed E-state index contributed by atoms with van der Waals surface area (Å²) in [7, 11) is 5.24. The second-order valence-electron chi connectivity index (χ2n) is 10.4. The van der Waals surface area contributed by atoms with Gasteiger partial charge in [-0.15, -0.1) is 0 Å². The predicted octanol–water partition coefficient (Wildman–Crippen LogP) is 4.64. The fourth-order valence-corrected chi connectivity index (χ4v) is 4.89. The summed E-state index contributed by atoms with van der Waals surface area (Å²) < 4.78 is 99.3. The van der Waals surface area contributed by atoms with Crippen LogP contribution in [-0.4, -0.2) is 76.4 Å². The molecule has 4 rings (SSSR count). The van der Waals surface area contributed by atoms with Crippen molar-refractivity contribution in [1.82, 2.24) is 30.1 Å². The van der Waals surface area contributed by atoms with Crippen molar-refractivity contribution in [3.63, 3.8) is 0 Å². The number of amides is 1. The van der Waals surface area contributed by atoms with Gasteiger partial charge in [-0.1, -0.05) is 12.1 Å². The smallest absolute Gasteiger partial charge is 0.375 e. The zero-order valence-electron chi connectivity index (χ0n) is 22.9. The zero-order chi connectivity index (χ0) is 30.8. The number of ether oxygens (including phenoxy) is 1. The summed E-state index contributed by atoms with van der Waals surface area (Å²) in [5.74, 6) is -0.772. The summed E-state index contributed by atoms with van der Waals surface area (Å²) in [4.78, 5) is 18.2. The number of carbonyl (C=O) groups is 1. The average molecular weight is 603 g/mol. The molecule has 0 radical (unpaired) electrons. The Morgan fingerprint density at radius 2 is 1.57 bits per heavy atom. The van der Waals surface area contributed by atoms with Crippen molar-refractivity contribution >= 4 is 5.91 Å². The van der Waals surface area contributed by atoms with Crippen molar-refractivity contribution in [2.45, 2.75) is 44.1 Å². The molecule has 1 fully saturated rings. The maximum absolute atomic E-state index is 13.8. The van der Waals surface area contributed by atoms with E-state index in [-0.39, 0.29) is 37.2 Å². The van der Waals surface area contributed by atoms with Gasteiger partial charge in [0.25, 0.3) is 0 Å². The van der Waals surface area contributed by atoms with E-state index in [1.807, 2.05) is 23.9 Å². The molecule has 42 heavy (non-hydrogen) atoms. The Labute approximate surface area is 237 Å². The first kappa shape index (κ1) is 31.4. The number of nitrogens with one attached hydrogen (secondary N) is 1. The van der Waals surface area contributed by atoms with E-state index in [0.717, 1.165) is 0 Å². The van der Waals surface area contributed by atoms with Gasteiger partial charge in [-0.05, 0) is 55.6 Å². The van der Waals surface area contributed by atoms with Gasteiger partial charge < -0.3 is 14.5 Å². The van der Waals surface area contributed by atoms with Crippen LogP contribution in [-0.2, 0) is 41.6 Å². The van der Waals surface area contributed by atoms with Crippen LogP contribution in [0.2, 0.25) is 0 Å². The molecule has 228 valence electrons. The molecule has 3 aromatic rings. The van der Waals surface area contributed by atoms with E-state index in [1.54, 1.807) is 12.1 Å². The molecular weight excluding hydrogens is 573 g/mol. The van der Waals surface area contributed by atoms with Crippen LogP contribution in [0.3, 0.4) is 0 Å². The Morgan fingerprint density at radius 1 is 0.976 bits per heavy atom. The Kier molecular flexibility index (Phi) is 9.23. The first-order valence-electron chi connectivity index (χ1n) is 12.8. The Balaban J connectivity index is 1.62. The number of carbonyl (C=O) groups excluding carboxylic acids is 1. The van der Waals surface area contributed by atoms with Crippen LogP contribution in [0.5, 0.6) is 0 Å². The first-order chi connectivity index (χ1) is 19.6. The number of halogens is 7. The maximum Gasteiger partial charge on any atom is 0.416 e. The number of rotatable bonds is 9. The third-order valence-electron chi connectivity index (χ3n) is 6.93. The van der Waals surface area contributed by atoms with Crippen LogP contribution in [0.15, 0.2) is 42.5 Å². The average Bonchev–Trinajstić information content (AvgIpc) is 3.32. The van der Waals surface area contributed by atoms with E-state index < -0.39 is 48.0 Å². The van der Waals surface area contributed by atoms with E-state index >= 15 is 0 Å². The lowest BCUT2D eigenvalue weighted by Crippen LogP contribution is -2.57. The van der Waals surface area contributed by atoms with Crippen molar-refractivity contribution in [2.24, 2.45) is 0 Å². The van der Waals surface area contributed by atoms with Crippen molar-refractivity contribution in [3.8, 4) is 0 Å². The second kappa shape index (κ2) is 12.4. The monoisotopic (exact) mass is 602 g/mol. The van der Waals surface area contributed by atoms with Crippen LogP contribution in [0.25, 0.3) is 0 Å². The van der Waals surface area contributed by atoms with E-state index in [9.17, 15) is 35.5 Å². The molecule has 2 heterocycles. The fourth-order valence-electron chi connectivity index (χ4n) is 4.89. The quantitative estimate of drug-likeness (QED) is 0.360. The molecule has 1 aliphatic heterocycles. The molecule has 0 spiro atoms. The molecule has 0 unspecified atom stereocenters. The number of benzene rings is 2. The standard InChI is InChI=1S/C27H29F7N6O2/c1-38(2)11-21-22(36-37-35-21)12-40-13-24(41)39(3)23(25(40)17-4-6-20(28)7-5-17)15-42-14-16-8-18(26(29,30)31)10-19(9-16)27(32,33)34/h4-10,23,25H,11-15H2,1-3H3,(H,35,36,37)/t23-,25+/m1/s1. The van der Waals surface area contributed by atoms with Crippen LogP contribution >= 0.6 is 0 Å². The third kappa shape index (κ3) is 7.44. The minimum absolute atomic E-state index is 0.0358. The number of H-pyrrole nitrogens is 1. The lowest BCUT2D eigenvalue weighted by atomic mass is 9.93. The van der Waals surface area contributed by atoms with E-state index in [1.165, 1.54) is 24.1 Å². The molecule has 0 saturated carbocycles. The minimum Gasteiger partial charge on any atom is -0.375 e. The molecule has 8 nitrogen and oxygen atoms in total. The van der Waals surface area contributed by atoms with Crippen molar-refractivity contribution in [3.05, 3.63) is 81.9 Å². The summed E-state index contributed by atoms with van der Waals surface area (Å²) in [5, 5.41) is 11.0. The number of likely N-dealkylation sites (N-methyl/N-ethyl adjacent to an activating group) is 1. The number of aromatic nitrogens is 3. The van der Waals surface area contributed by atoms with E-state index in [2.05, 4.69) is 15.4 Å². The SMILES string of the molecule is CN(C)Cc1n[nH]nc1CN1CC(=O)N(C)[C@H](COCc2cc(C(F)(F)F)cc(C(F)(F)F)c2)[C@@H]1c1ccc(F)cc1. The van der Waals surface area contributed by atoms with Crippen molar-refractivity contribution in [1.29, 1.82) is 0 Å². The number of nitrogens with zero attached hydrogens (tertiary/aromatic N) is 5. The molecule has 1 amide bonds. The summed E-state index contributed by atoms with van der Waals surface area (Å²) in [6.07, 6.45) is -9.99. The van der Waals surface area contributed by atoms with Gasteiger partial charge in [-0.25, -0.2) is 4.39 Å². The molecule has 2 atom stereocenters. The van der Waals surface area contributed by atoms with Crippen molar-refractivity contribution in [2.75, 3.05) is 34.3 Å². The van der Waals surface area contributed by atoms with Crippen LogP contribution in [0.4, 0.5) is 30.7 Å². The zero-order valence-corrected chi connectivity index (χ0v) is 22.9. The number of piperazine rings is 1. The van der Waals surface area contributed by atoms with Crippen LogP contribution < -0.4 is 0 Å². The highest BCUT2D eigenvalue weighted by Gasteiger charge is 2.41.